The van der Waals surface area contributed by atoms with Gasteiger partial charge in [0.05, 0.1) is 7.11 Å². The number of halogens is 1. The number of aryl methyl sites for hydroxylation is 1. The summed E-state index contributed by atoms with van der Waals surface area (Å²) in [5.41, 5.74) is 1.28. The maximum Gasteiger partial charge on any atom is 0.305 e. The molecule has 2 aromatic rings. The van der Waals surface area contributed by atoms with Gasteiger partial charge in [-0.25, -0.2) is 0 Å². The molecule has 0 aliphatic carbocycles. The van der Waals surface area contributed by atoms with Crippen molar-refractivity contribution in [1.82, 2.24) is 15.2 Å². The van der Waals surface area contributed by atoms with Crippen LogP contribution in [-0.4, -0.2) is 43.7 Å². The Balaban J connectivity index is 0.00000364. The molecule has 6 nitrogen and oxygen atoms in total. The second-order valence-electron chi connectivity index (χ2n) is 6.23. The van der Waals surface area contributed by atoms with Crippen molar-refractivity contribution in [3.05, 3.63) is 36.5 Å². The van der Waals surface area contributed by atoms with Crippen molar-refractivity contribution in [3.63, 3.8) is 0 Å². The molecule has 1 aromatic carbocycles. The van der Waals surface area contributed by atoms with E-state index in [1.807, 2.05) is 0 Å². The number of ether oxygens (including phenoxy) is 1. The summed E-state index contributed by atoms with van der Waals surface area (Å²) in [5.74, 6) is 0.696. The van der Waals surface area contributed by atoms with Crippen LogP contribution in [0.5, 0.6) is 0 Å². The number of methoxy groups -OCH3 is 1. The Labute approximate surface area is 178 Å². The van der Waals surface area contributed by atoms with E-state index in [-0.39, 0.29) is 29.9 Å². The third-order valence-corrected chi connectivity index (χ3v) is 4.35. The molecule has 0 aliphatic heterocycles. The second kappa shape index (κ2) is 13.4. The molecule has 2 rings (SSSR count). The maximum atomic E-state index is 11.0. The molecule has 2 N–H and O–H groups in total. The van der Waals surface area contributed by atoms with Crippen LogP contribution in [0.4, 0.5) is 0 Å². The van der Waals surface area contributed by atoms with E-state index in [4.69, 9.17) is 0 Å². The quantitative estimate of drug-likeness (QED) is 0.177. The summed E-state index contributed by atoms with van der Waals surface area (Å²) in [6, 6.07) is 10.6. The van der Waals surface area contributed by atoms with Crippen LogP contribution in [0.2, 0.25) is 0 Å². The van der Waals surface area contributed by atoms with Crippen molar-refractivity contribution >= 4 is 46.8 Å². The Bertz CT molecular complexity index is 715. The van der Waals surface area contributed by atoms with Crippen molar-refractivity contribution in [2.24, 2.45) is 4.99 Å². The van der Waals surface area contributed by atoms with Crippen molar-refractivity contribution in [2.75, 3.05) is 27.2 Å². The average molecular weight is 486 g/mol. The largest absolute Gasteiger partial charge is 0.469 e. The molecule has 0 fully saturated rings. The fraction of sp³-hybridized carbons (Fsp3) is 0.500. The summed E-state index contributed by atoms with van der Waals surface area (Å²) >= 11 is 0. The third-order valence-electron chi connectivity index (χ3n) is 4.35. The summed E-state index contributed by atoms with van der Waals surface area (Å²) in [4.78, 5) is 15.3. The molecule has 0 atom stereocenters. The first-order chi connectivity index (χ1) is 12.7. The van der Waals surface area contributed by atoms with E-state index >= 15 is 0 Å². The van der Waals surface area contributed by atoms with Crippen LogP contribution in [-0.2, 0) is 16.1 Å². The predicted molar refractivity (Wildman–Crippen MR) is 122 cm³/mol. The number of aromatic nitrogens is 1. The Morgan fingerprint density at radius 1 is 1.07 bits per heavy atom. The van der Waals surface area contributed by atoms with Crippen molar-refractivity contribution in [3.8, 4) is 0 Å². The van der Waals surface area contributed by atoms with Crippen LogP contribution < -0.4 is 10.6 Å². The van der Waals surface area contributed by atoms with Crippen LogP contribution in [0.3, 0.4) is 0 Å². The van der Waals surface area contributed by atoms with Gasteiger partial charge in [-0.1, -0.05) is 24.6 Å². The molecule has 27 heavy (non-hydrogen) atoms. The molecule has 0 saturated carbocycles. The fourth-order valence-corrected chi connectivity index (χ4v) is 2.89. The summed E-state index contributed by atoms with van der Waals surface area (Å²) < 4.78 is 6.92. The van der Waals surface area contributed by atoms with Crippen molar-refractivity contribution < 1.29 is 9.53 Å². The van der Waals surface area contributed by atoms with Gasteiger partial charge in [0, 0.05) is 44.8 Å². The number of para-hydroxylation sites is 1. The lowest BCUT2D eigenvalue weighted by Gasteiger charge is -2.12. The number of carbonyl (C=O) groups is 1. The Hall–Kier alpha value is -1.77. The molecule has 1 heterocycles. The first-order valence-corrected chi connectivity index (χ1v) is 9.30. The number of aliphatic imine (C=N–C) groups is 1. The molecule has 0 aliphatic rings. The lowest BCUT2D eigenvalue weighted by Crippen LogP contribution is -2.38. The van der Waals surface area contributed by atoms with E-state index in [0.29, 0.717) is 6.42 Å². The van der Waals surface area contributed by atoms with Crippen LogP contribution in [0.25, 0.3) is 10.9 Å². The van der Waals surface area contributed by atoms with Crippen LogP contribution in [0.15, 0.2) is 41.5 Å². The van der Waals surface area contributed by atoms with E-state index < -0.39 is 0 Å². The van der Waals surface area contributed by atoms with Crippen LogP contribution in [0.1, 0.15) is 32.1 Å². The molecule has 7 heteroatoms. The summed E-state index contributed by atoms with van der Waals surface area (Å²) in [7, 11) is 3.21. The number of rotatable bonds is 10. The second-order valence-corrected chi connectivity index (χ2v) is 6.23. The first kappa shape index (κ1) is 23.3. The number of esters is 1. The maximum absolute atomic E-state index is 11.0. The normalized spacial score (nSPS) is 11.1. The van der Waals surface area contributed by atoms with Gasteiger partial charge in [0.25, 0.3) is 0 Å². The number of guanidine groups is 1. The van der Waals surface area contributed by atoms with Gasteiger partial charge < -0.3 is 19.9 Å². The molecule has 0 unspecified atom stereocenters. The third kappa shape index (κ3) is 8.19. The molecular weight excluding hydrogens is 455 g/mol. The van der Waals surface area contributed by atoms with Crippen LogP contribution >= 0.6 is 24.0 Å². The van der Waals surface area contributed by atoms with Gasteiger partial charge in [-0.2, -0.15) is 0 Å². The number of benzene rings is 1. The van der Waals surface area contributed by atoms with Gasteiger partial charge in [0.2, 0.25) is 0 Å². The molecule has 0 radical (unpaired) electrons. The first-order valence-electron chi connectivity index (χ1n) is 9.30. The van der Waals surface area contributed by atoms with Crippen molar-refractivity contribution in [1.29, 1.82) is 0 Å². The number of nitrogens with one attached hydrogen (secondary N) is 2. The Morgan fingerprint density at radius 2 is 1.81 bits per heavy atom. The minimum Gasteiger partial charge on any atom is -0.469 e. The molecule has 0 bridgehead atoms. The van der Waals surface area contributed by atoms with Gasteiger partial charge in [0.15, 0.2) is 5.96 Å². The van der Waals surface area contributed by atoms with E-state index in [9.17, 15) is 4.79 Å². The standard InChI is InChI=1S/C20H30N4O2.HI/c1-21-20(22-13-7-3-4-11-19(25)26-2)23-14-8-15-24-16-12-17-9-5-6-10-18(17)24;/h5-6,9-10,12,16H,3-4,7-8,11,13-15H2,1-2H3,(H2,21,22,23);1H. The van der Waals surface area contributed by atoms with Gasteiger partial charge >= 0.3 is 5.97 Å². The molecule has 0 saturated heterocycles. The average Bonchev–Trinajstić information content (AvgIpc) is 3.09. The zero-order valence-corrected chi connectivity index (χ0v) is 18.6. The highest BCUT2D eigenvalue weighted by Crippen LogP contribution is 2.15. The highest BCUT2D eigenvalue weighted by atomic mass is 127. The number of hydrogen-bond acceptors (Lipinski definition) is 3. The van der Waals surface area contributed by atoms with Gasteiger partial charge in [-0.05, 0) is 36.8 Å². The van der Waals surface area contributed by atoms with Gasteiger partial charge in [0.1, 0.15) is 0 Å². The molecular formula is C20H31IN4O2. The Morgan fingerprint density at radius 3 is 2.56 bits per heavy atom. The monoisotopic (exact) mass is 486 g/mol. The highest BCUT2D eigenvalue weighted by molar-refractivity contribution is 14.0. The van der Waals surface area contributed by atoms with Crippen molar-refractivity contribution in [2.45, 2.75) is 38.6 Å². The zero-order chi connectivity index (χ0) is 18.6. The minimum absolute atomic E-state index is 0. The highest BCUT2D eigenvalue weighted by Gasteiger charge is 2.02. The number of fused-ring (bicyclic) bond motifs is 1. The number of nitrogens with zero attached hydrogens (tertiary/aromatic N) is 2. The lowest BCUT2D eigenvalue weighted by atomic mass is 10.2. The fourth-order valence-electron chi connectivity index (χ4n) is 2.89. The lowest BCUT2D eigenvalue weighted by molar-refractivity contribution is -0.140. The van der Waals surface area contributed by atoms with E-state index in [1.54, 1.807) is 7.05 Å². The zero-order valence-electron chi connectivity index (χ0n) is 16.2. The number of hydrogen-bond donors (Lipinski definition) is 2. The van der Waals surface area contributed by atoms with Gasteiger partial charge in [-0.3, -0.25) is 9.79 Å². The smallest absolute Gasteiger partial charge is 0.305 e. The molecule has 0 spiro atoms. The molecule has 0 amide bonds. The van der Waals surface area contributed by atoms with E-state index in [1.165, 1.54) is 18.0 Å². The minimum atomic E-state index is -0.133. The van der Waals surface area contributed by atoms with Crippen LogP contribution in [0, 0.1) is 0 Å². The number of unbranched alkanes of at least 4 members (excludes halogenated alkanes) is 2. The summed E-state index contributed by atoms with van der Waals surface area (Å²) in [6.07, 6.45) is 6.54. The summed E-state index contributed by atoms with van der Waals surface area (Å²) in [5, 5.41) is 7.94. The number of carbonyl (C=O) groups excluding carboxylic acids is 1. The molecule has 1 aromatic heterocycles. The Kier molecular flexibility index (Phi) is 11.6. The SMILES string of the molecule is CN=C(NCCCCCC(=O)OC)NCCCn1ccc2ccccc21.I. The topological polar surface area (TPSA) is 67.7 Å². The van der Waals surface area contributed by atoms with Gasteiger partial charge in [-0.15, -0.1) is 24.0 Å². The van der Waals surface area contributed by atoms with E-state index in [0.717, 1.165) is 51.3 Å². The molecule has 150 valence electrons. The summed E-state index contributed by atoms with van der Waals surface area (Å²) in [6.45, 7) is 2.70. The predicted octanol–water partition coefficient (Wildman–Crippen LogP) is 3.55. The van der Waals surface area contributed by atoms with E-state index in [2.05, 4.69) is 61.5 Å².